The van der Waals surface area contributed by atoms with Gasteiger partial charge in [-0.1, -0.05) is 36.7 Å². The molecule has 0 unspecified atom stereocenters. The molecule has 180 valence electrons. The molecule has 2 N–H and O–H groups in total. The van der Waals surface area contributed by atoms with Crippen molar-refractivity contribution in [3.63, 3.8) is 0 Å². The van der Waals surface area contributed by atoms with Crippen molar-refractivity contribution in [3.05, 3.63) is 70.1 Å². The van der Waals surface area contributed by atoms with E-state index in [1.807, 2.05) is 32.0 Å². The topological polar surface area (TPSA) is 98.1 Å². The third-order valence-corrected chi connectivity index (χ3v) is 5.07. The lowest BCUT2D eigenvalue weighted by Gasteiger charge is -2.13. The molecule has 2 amide bonds. The summed E-state index contributed by atoms with van der Waals surface area (Å²) in [6, 6.07) is 8.53. The van der Waals surface area contributed by atoms with Crippen LogP contribution in [0.15, 0.2) is 42.7 Å². The van der Waals surface area contributed by atoms with Crippen molar-refractivity contribution in [1.29, 1.82) is 0 Å². The molecule has 8 nitrogen and oxygen atoms in total. The smallest absolute Gasteiger partial charge is 0.435 e. The third-order valence-electron chi connectivity index (χ3n) is 4.77. The summed E-state index contributed by atoms with van der Waals surface area (Å²) < 4.78 is 46.2. The summed E-state index contributed by atoms with van der Waals surface area (Å²) >= 11 is 5.97. The second kappa shape index (κ2) is 10.6. The van der Waals surface area contributed by atoms with E-state index in [0.29, 0.717) is 12.1 Å². The molecule has 0 saturated carbocycles. The van der Waals surface area contributed by atoms with Gasteiger partial charge < -0.3 is 10.1 Å². The van der Waals surface area contributed by atoms with Crippen molar-refractivity contribution in [2.75, 3.05) is 18.5 Å². The van der Waals surface area contributed by atoms with E-state index in [4.69, 9.17) is 16.3 Å². The Kier molecular flexibility index (Phi) is 7.77. The number of ether oxygens (including phenoxy) is 1. The number of alkyl halides is 3. The fraction of sp³-hybridized carbons (Fsp3) is 0.273. The Morgan fingerprint density at radius 3 is 2.65 bits per heavy atom. The molecule has 3 aromatic rings. The van der Waals surface area contributed by atoms with E-state index >= 15 is 0 Å². The number of pyridine rings is 1. The van der Waals surface area contributed by atoms with Gasteiger partial charge in [0.1, 0.15) is 6.61 Å². The Morgan fingerprint density at radius 2 is 1.97 bits per heavy atom. The number of benzene rings is 1. The average Bonchev–Trinajstić information content (AvgIpc) is 3.24. The van der Waals surface area contributed by atoms with Gasteiger partial charge in [0.25, 0.3) is 5.91 Å². The average molecular weight is 496 g/mol. The van der Waals surface area contributed by atoms with E-state index in [2.05, 4.69) is 20.7 Å². The van der Waals surface area contributed by atoms with E-state index in [-0.39, 0.29) is 24.0 Å². The quantitative estimate of drug-likeness (QED) is 0.459. The van der Waals surface area contributed by atoms with Crippen LogP contribution in [0.2, 0.25) is 5.02 Å². The molecule has 0 saturated heterocycles. The van der Waals surface area contributed by atoms with Crippen LogP contribution in [0, 0.1) is 6.92 Å². The van der Waals surface area contributed by atoms with Gasteiger partial charge in [-0.3, -0.25) is 10.1 Å². The normalized spacial score (nSPS) is 11.2. The SMILES string of the molecule is CCc1cccc(C)c1NC(=O)OCCNC(=O)c1cn(-c2ncccc2Cl)nc1C(F)(F)F. The first kappa shape index (κ1) is 25.0. The van der Waals surface area contributed by atoms with Crippen LogP contribution < -0.4 is 10.6 Å². The van der Waals surface area contributed by atoms with E-state index in [1.54, 1.807) is 0 Å². The molecular formula is C22H21ClF3N5O3. The number of amides is 2. The van der Waals surface area contributed by atoms with Crippen LogP contribution in [0.1, 0.15) is 34.1 Å². The Balaban J connectivity index is 1.63. The molecule has 0 bridgehead atoms. The van der Waals surface area contributed by atoms with E-state index in [0.717, 1.165) is 22.0 Å². The van der Waals surface area contributed by atoms with Crippen molar-refractivity contribution in [3.8, 4) is 5.82 Å². The fourth-order valence-corrected chi connectivity index (χ4v) is 3.36. The Hall–Kier alpha value is -3.60. The molecule has 0 atom stereocenters. The van der Waals surface area contributed by atoms with Gasteiger partial charge in [0.05, 0.1) is 22.8 Å². The number of anilines is 1. The molecule has 0 aliphatic heterocycles. The van der Waals surface area contributed by atoms with Gasteiger partial charge in [0, 0.05) is 12.4 Å². The zero-order valence-electron chi connectivity index (χ0n) is 18.2. The zero-order chi connectivity index (χ0) is 24.9. The van der Waals surface area contributed by atoms with E-state index in [9.17, 15) is 22.8 Å². The fourth-order valence-electron chi connectivity index (χ4n) is 3.15. The van der Waals surface area contributed by atoms with Gasteiger partial charge >= 0.3 is 12.3 Å². The van der Waals surface area contributed by atoms with Crippen LogP contribution in [-0.4, -0.2) is 39.9 Å². The minimum Gasteiger partial charge on any atom is -0.447 e. The van der Waals surface area contributed by atoms with Gasteiger partial charge in [0.2, 0.25) is 0 Å². The number of para-hydroxylation sites is 1. The number of aromatic nitrogens is 3. The summed E-state index contributed by atoms with van der Waals surface area (Å²) in [5.74, 6) is -1.10. The summed E-state index contributed by atoms with van der Waals surface area (Å²) in [7, 11) is 0. The molecule has 0 aliphatic carbocycles. The Labute approximate surface area is 198 Å². The van der Waals surface area contributed by atoms with Gasteiger partial charge in [0.15, 0.2) is 11.5 Å². The summed E-state index contributed by atoms with van der Waals surface area (Å²) in [4.78, 5) is 28.4. The molecule has 2 aromatic heterocycles. The van der Waals surface area contributed by atoms with Crippen molar-refractivity contribution in [1.82, 2.24) is 20.1 Å². The Morgan fingerprint density at radius 1 is 1.21 bits per heavy atom. The summed E-state index contributed by atoms with van der Waals surface area (Å²) in [5.41, 5.74) is 0.307. The number of hydrogen-bond donors (Lipinski definition) is 2. The minimum atomic E-state index is -4.89. The minimum absolute atomic E-state index is 0.0589. The van der Waals surface area contributed by atoms with Gasteiger partial charge in [-0.05, 0) is 36.6 Å². The lowest BCUT2D eigenvalue weighted by Crippen LogP contribution is -2.30. The predicted molar refractivity (Wildman–Crippen MR) is 119 cm³/mol. The molecule has 0 radical (unpaired) electrons. The first-order valence-corrected chi connectivity index (χ1v) is 10.6. The molecular weight excluding hydrogens is 475 g/mol. The number of carbonyl (C=O) groups is 2. The predicted octanol–water partition coefficient (Wildman–Crippen LogP) is 4.79. The molecule has 34 heavy (non-hydrogen) atoms. The molecule has 0 spiro atoms. The molecule has 2 heterocycles. The van der Waals surface area contributed by atoms with Crippen molar-refractivity contribution in [2.45, 2.75) is 26.4 Å². The second-order valence-electron chi connectivity index (χ2n) is 7.12. The maximum Gasteiger partial charge on any atom is 0.435 e. The van der Waals surface area contributed by atoms with Crippen LogP contribution in [0.5, 0.6) is 0 Å². The van der Waals surface area contributed by atoms with Crippen molar-refractivity contribution >= 4 is 29.3 Å². The number of nitrogens with one attached hydrogen (secondary N) is 2. The highest BCUT2D eigenvalue weighted by Gasteiger charge is 2.39. The largest absolute Gasteiger partial charge is 0.447 e. The number of carbonyl (C=O) groups excluding carboxylic acids is 2. The highest BCUT2D eigenvalue weighted by Crippen LogP contribution is 2.32. The van der Waals surface area contributed by atoms with Crippen molar-refractivity contribution in [2.24, 2.45) is 0 Å². The first-order chi connectivity index (χ1) is 16.1. The highest BCUT2D eigenvalue weighted by atomic mass is 35.5. The van der Waals surface area contributed by atoms with Crippen LogP contribution in [0.4, 0.5) is 23.7 Å². The number of aryl methyl sites for hydroxylation is 2. The van der Waals surface area contributed by atoms with Crippen LogP contribution in [0.25, 0.3) is 5.82 Å². The number of halogens is 4. The van der Waals surface area contributed by atoms with E-state index in [1.165, 1.54) is 18.3 Å². The van der Waals surface area contributed by atoms with Crippen LogP contribution in [-0.2, 0) is 17.3 Å². The lowest BCUT2D eigenvalue weighted by molar-refractivity contribution is -0.141. The second-order valence-corrected chi connectivity index (χ2v) is 7.53. The molecule has 3 rings (SSSR count). The number of rotatable bonds is 7. The first-order valence-electron chi connectivity index (χ1n) is 10.2. The third kappa shape index (κ3) is 5.84. The molecule has 1 aromatic carbocycles. The summed E-state index contributed by atoms with van der Waals surface area (Å²) in [6.07, 6.45) is -2.71. The van der Waals surface area contributed by atoms with Crippen LogP contribution in [0.3, 0.4) is 0 Å². The maximum atomic E-state index is 13.4. The molecule has 0 aliphatic rings. The van der Waals surface area contributed by atoms with Gasteiger partial charge in [-0.15, -0.1) is 0 Å². The summed E-state index contributed by atoms with van der Waals surface area (Å²) in [6.45, 7) is 3.31. The number of nitrogens with zero attached hydrogens (tertiary/aromatic N) is 3. The lowest BCUT2D eigenvalue weighted by atomic mass is 10.1. The van der Waals surface area contributed by atoms with Crippen molar-refractivity contribution < 1.29 is 27.5 Å². The standard InChI is InChI=1S/C22H21ClF3N5O3/c1-3-14-7-4-6-13(2)17(14)29-21(33)34-11-10-28-20(32)15-12-31(30-18(15)22(24,25)26)19-16(23)8-5-9-27-19/h4-9,12H,3,10-11H2,1-2H3,(H,28,32)(H,29,33). The van der Waals surface area contributed by atoms with E-state index < -0.39 is 29.4 Å². The Bertz CT molecular complexity index is 1200. The maximum absolute atomic E-state index is 13.4. The molecule has 12 heteroatoms. The van der Waals surface area contributed by atoms with Crippen LogP contribution >= 0.6 is 11.6 Å². The van der Waals surface area contributed by atoms with Gasteiger partial charge in [-0.2, -0.15) is 18.3 Å². The number of hydrogen-bond acceptors (Lipinski definition) is 5. The highest BCUT2D eigenvalue weighted by molar-refractivity contribution is 6.32. The zero-order valence-corrected chi connectivity index (χ0v) is 19.0. The molecule has 0 fully saturated rings. The monoisotopic (exact) mass is 495 g/mol. The summed E-state index contributed by atoms with van der Waals surface area (Å²) in [5, 5.41) is 8.45. The van der Waals surface area contributed by atoms with Gasteiger partial charge in [-0.25, -0.2) is 14.5 Å².